The van der Waals surface area contributed by atoms with Crippen LogP contribution in [0.1, 0.15) is 33.1 Å². The highest BCUT2D eigenvalue weighted by Gasteiger charge is 2.31. The second kappa shape index (κ2) is 6.20. The van der Waals surface area contributed by atoms with E-state index in [1.54, 1.807) is 0 Å². The van der Waals surface area contributed by atoms with Crippen molar-refractivity contribution in [2.75, 3.05) is 33.4 Å². The third-order valence-electron chi connectivity index (χ3n) is 3.74. The average Bonchev–Trinajstić information content (AvgIpc) is 3.16. The number of hydrogen-bond donors (Lipinski definition) is 1. The normalized spacial score (nSPS) is 25.0. The van der Waals surface area contributed by atoms with Gasteiger partial charge in [0.2, 0.25) is 0 Å². The summed E-state index contributed by atoms with van der Waals surface area (Å²) in [7, 11) is 1.46. The number of carbonyl (C=O) groups excluding carboxylic acids is 1. The van der Waals surface area contributed by atoms with Gasteiger partial charge < -0.3 is 14.8 Å². The highest BCUT2D eigenvalue weighted by atomic mass is 16.5. The van der Waals surface area contributed by atoms with Gasteiger partial charge in [0.05, 0.1) is 19.3 Å². The Bertz CT molecular complexity index is 316. The Kier molecular flexibility index (Phi) is 4.81. The summed E-state index contributed by atoms with van der Waals surface area (Å²) in [5.41, 5.74) is -0.0804. The molecule has 1 saturated carbocycles. The van der Waals surface area contributed by atoms with Crippen LogP contribution in [0.2, 0.25) is 0 Å². The summed E-state index contributed by atoms with van der Waals surface area (Å²) >= 11 is 0. The Morgan fingerprint density at radius 1 is 1.53 bits per heavy atom. The smallest absolute Gasteiger partial charge is 0.322 e. The Labute approximate surface area is 115 Å². The first-order valence-electron chi connectivity index (χ1n) is 7.20. The Balaban J connectivity index is 1.78. The zero-order valence-electron chi connectivity index (χ0n) is 12.3. The molecule has 0 bridgehead atoms. The highest BCUT2D eigenvalue weighted by molar-refractivity contribution is 5.75. The monoisotopic (exact) mass is 270 g/mol. The second-order valence-corrected chi connectivity index (χ2v) is 6.19. The van der Waals surface area contributed by atoms with E-state index in [0.717, 1.165) is 32.7 Å². The molecule has 2 fully saturated rings. The molecule has 0 aromatic carbocycles. The molecule has 0 radical (unpaired) electrons. The van der Waals surface area contributed by atoms with E-state index in [9.17, 15) is 4.79 Å². The average molecular weight is 270 g/mol. The Morgan fingerprint density at radius 2 is 2.26 bits per heavy atom. The van der Waals surface area contributed by atoms with Crippen LogP contribution >= 0.6 is 0 Å². The molecule has 5 nitrogen and oxygen atoms in total. The molecule has 1 saturated heterocycles. The molecule has 2 aliphatic rings. The number of esters is 1. The lowest BCUT2D eigenvalue weighted by atomic mass is 10.1. The van der Waals surface area contributed by atoms with Gasteiger partial charge in [-0.2, -0.15) is 0 Å². The van der Waals surface area contributed by atoms with Crippen LogP contribution in [0, 0.1) is 0 Å². The molecule has 1 atom stereocenters. The van der Waals surface area contributed by atoms with Gasteiger partial charge in [-0.05, 0) is 33.1 Å². The molecule has 0 aromatic rings. The van der Waals surface area contributed by atoms with Gasteiger partial charge in [-0.1, -0.05) is 0 Å². The van der Waals surface area contributed by atoms with Crippen molar-refractivity contribution in [3.8, 4) is 0 Å². The molecule has 110 valence electrons. The minimum atomic E-state index is -0.163. The van der Waals surface area contributed by atoms with Crippen LogP contribution in [0.25, 0.3) is 0 Å². The summed E-state index contributed by atoms with van der Waals surface area (Å²) in [6.45, 7) is 7.77. The standard InChI is InChI=1S/C14H26N2O3/c1-14(2)10-16(8-9-19-14)7-6-12(13(17)18-3)15-11-4-5-11/h11-12,15H,4-10H2,1-3H3. The minimum Gasteiger partial charge on any atom is -0.468 e. The molecule has 19 heavy (non-hydrogen) atoms. The van der Waals surface area contributed by atoms with E-state index < -0.39 is 0 Å². The predicted molar refractivity (Wildman–Crippen MR) is 73.0 cm³/mol. The van der Waals surface area contributed by atoms with Gasteiger partial charge in [0.15, 0.2) is 0 Å². The molecule has 1 unspecified atom stereocenters. The quantitative estimate of drug-likeness (QED) is 0.723. The van der Waals surface area contributed by atoms with Gasteiger partial charge in [0.1, 0.15) is 6.04 Å². The summed E-state index contributed by atoms with van der Waals surface area (Å²) in [6, 6.07) is 0.355. The van der Waals surface area contributed by atoms with Gasteiger partial charge in [-0.25, -0.2) is 0 Å². The van der Waals surface area contributed by atoms with Gasteiger partial charge >= 0.3 is 5.97 Å². The number of rotatable bonds is 6. The van der Waals surface area contributed by atoms with Crippen LogP contribution in [-0.2, 0) is 14.3 Å². The molecule has 0 spiro atoms. The van der Waals surface area contributed by atoms with Gasteiger partial charge in [0.25, 0.3) is 0 Å². The van der Waals surface area contributed by atoms with E-state index in [1.807, 2.05) is 0 Å². The minimum absolute atomic E-state index is 0.0804. The third kappa shape index (κ3) is 4.75. The first-order valence-corrected chi connectivity index (χ1v) is 7.20. The number of ether oxygens (including phenoxy) is 2. The van der Waals surface area contributed by atoms with E-state index >= 15 is 0 Å². The Hall–Kier alpha value is -0.650. The first kappa shape index (κ1) is 14.8. The van der Waals surface area contributed by atoms with Crippen LogP contribution in [0.5, 0.6) is 0 Å². The van der Waals surface area contributed by atoms with Crippen molar-refractivity contribution in [1.82, 2.24) is 10.2 Å². The first-order chi connectivity index (χ1) is 9.00. The van der Waals surface area contributed by atoms with Gasteiger partial charge in [0, 0.05) is 25.7 Å². The number of nitrogens with one attached hydrogen (secondary N) is 1. The molecule has 1 aliphatic carbocycles. The fraction of sp³-hybridized carbons (Fsp3) is 0.929. The molecule has 1 N–H and O–H groups in total. The summed E-state index contributed by atoms with van der Waals surface area (Å²) in [5, 5.41) is 3.37. The summed E-state index contributed by atoms with van der Waals surface area (Å²) in [4.78, 5) is 14.1. The topological polar surface area (TPSA) is 50.8 Å². The summed E-state index contributed by atoms with van der Waals surface area (Å²) in [6.07, 6.45) is 3.16. The van der Waals surface area contributed by atoms with Crippen molar-refractivity contribution < 1.29 is 14.3 Å². The van der Waals surface area contributed by atoms with Gasteiger partial charge in [-0.15, -0.1) is 0 Å². The lowest BCUT2D eigenvalue weighted by Crippen LogP contribution is -2.50. The Morgan fingerprint density at radius 3 is 2.84 bits per heavy atom. The zero-order valence-corrected chi connectivity index (χ0v) is 12.3. The lowest BCUT2D eigenvalue weighted by Gasteiger charge is -2.38. The predicted octanol–water partition coefficient (Wildman–Crippen LogP) is 0.781. The number of nitrogens with zero attached hydrogens (tertiary/aromatic N) is 1. The van der Waals surface area contributed by atoms with E-state index in [2.05, 4.69) is 24.1 Å². The molecule has 5 heteroatoms. The molecule has 0 amide bonds. The van der Waals surface area contributed by atoms with Crippen LogP contribution in [-0.4, -0.2) is 61.9 Å². The van der Waals surface area contributed by atoms with E-state index in [1.165, 1.54) is 20.0 Å². The SMILES string of the molecule is COC(=O)C(CCN1CCOC(C)(C)C1)NC1CC1. The maximum absolute atomic E-state index is 11.7. The fourth-order valence-electron chi connectivity index (χ4n) is 2.56. The summed E-state index contributed by atoms with van der Waals surface area (Å²) < 4.78 is 10.6. The molecule has 1 heterocycles. The fourth-order valence-corrected chi connectivity index (χ4v) is 2.56. The zero-order chi connectivity index (χ0) is 13.9. The lowest BCUT2D eigenvalue weighted by molar-refractivity contribution is -0.143. The van der Waals surface area contributed by atoms with E-state index in [0.29, 0.717) is 6.04 Å². The van der Waals surface area contributed by atoms with Crippen molar-refractivity contribution in [2.24, 2.45) is 0 Å². The van der Waals surface area contributed by atoms with Gasteiger partial charge in [-0.3, -0.25) is 9.69 Å². The third-order valence-corrected chi connectivity index (χ3v) is 3.74. The van der Waals surface area contributed by atoms with Crippen LogP contribution < -0.4 is 5.32 Å². The van der Waals surface area contributed by atoms with Crippen LogP contribution in [0.3, 0.4) is 0 Å². The highest BCUT2D eigenvalue weighted by Crippen LogP contribution is 2.21. The summed E-state index contributed by atoms with van der Waals surface area (Å²) in [5.74, 6) is -0.139. The van der Waals surface area contributed by atoms with Crippen molar-refractivity contribution in [1.29, 1.82) is 0 Å². The molecular formula is C14H26N2O3. The maximum atomic E-state index is 11.7. The molecule has 2 rings (SSSR count). The molecular weight excluding hydrogens is 244 g/mol. The largest absolute Gasteiger partial charge is 0.468 e. The van der Waals surface area contributed by atoms with Crippen molar-refractivity contribution >= 4 is 5.97 Å². The number of hydrogen-bond acceptors (Lipinski definition) is 5. The number of morpholine rings is 1. The van der Waals surface area contributed by atoms with E-state index in [4.69, 9.17) is 9.47 Å². The molecule has 1 aliphatic heterocycles. The maximum Gasteiger partial charge on any atom is 0.322 e. The van der Waals surface area contributed by atoms with Crippen molar-refractivity contribution in [3.05, 3.63) is 0 Å². The van der Waals surface area contributed by atoms with Crippen molar-refractivity contribution in [2.45, 2.75) is 50.8 Å². The van der Waals surface area contributed by atoms with Crippen LogP contribution in [0.4, 0.5) is 0 Å². The van der Waals surface area contributed by atoms with Crippen molar-refractivity contribution in [3.63, 3.8) is 0 Å². The molecule has 0 aromatic heterocycles. The second-order valence-electron chi connectivity index (χ2n) is 6.19. The number of carbonyl (C=O) groups is 1. The van der Waals surface area contributed by atoms with Crippen LogP contribution in [0.15, 0.2) is 0 Å². The number of methoxy groups -OCH3 is 1. The van der Waals surface area contributed by atoms with E-state index in [-0.39, 0.29) is 17.6 Å².